The molecule has 2 heterocycles. The van der Waals surface area contributed by atoms with E-state index in [0.717, 1.165) is 49.3 Å². The molecule has 1 N–H and O–H groups in total. The molecule has 1 aromatic heterocycles. The summed E-state index contributed by atoms with van der Waals surface area (Å²) in [4.78, 5) is 30.0. The molecule has 1 amide bonds. The van der Waals surface area contributed by atoms with Gasteiger partial charge in [0, 0.05) is 24.2 Å². The van der Waals surface area contributed by atoms with Crippen molar-refractivity contribution in [2.45, 2.75) is 39.2 Å². The van der Waals surface area contributed by atoms with E-state index in [1.807, 2.05) is 31.2 Å². The third-order valence-corrected chi connectivity index (χ3v) is 4.85. The molecule has 3 aromatic rings. The predicted molar refractivity (Wildman–Crippen MR) is 103 cm³/mol. The molecule has 132 valence electrons. The van der Waals surface area contributed by atoms with E-state index in [-0.39, 0.29) is 11.5 Å². The highest BCUT2D eigenvalue weighted by Gasteiger charge is 2.15. The first kappa shape index (κ1) is 16.5. The largest absolute Gasteiger partial charge is 0.322 e. The van der Waals surface area contributed by atoms with Crippen molar-refractivity contribution in [2.24, 2.45) is 0 Å². The number of anilines is 1. The summed E-state index contributed by atoms with van der Waals surface area (Å²) < 4.78 is 1.79. The summed E-state index contributed by atoms with van der Waals surface area (Å²) in [7, 11) is 0. The van der Waals surface area contributed by atoms with Crippen molar-refractivity contribution in [3.8, 4) is 0 Å². The second-order valence-electron chi connectivity index (χ2n) is 6.85. The number of hydrogen-bond donors (Lipinski definition) is 1. The zero-order valence-corrected chi connectivity index (χ0v) is 14.8. The van der Waals surface area contributed by atoms with Gasteiger partial charge >= 0.3 is 0 Å². The highest BCUT2D eigenvalue weighted by molar-refractivity contribution is 6.06. The monoisotopic (exact) mass is 347 g/mol. The van der Waals surface area contributed by atoms with Gasteiger partial charge in [-0.2, -0.15) is 0 Å². The summed E-state index contributed by atoms with van der Waals surface area (Å²) >= 11 is 0. The summed E-state index contributed by atoms with van der Waals surface area (Å²) in [5.41, 5.74) is 2.94. The van der Waals surface area contributed by atoms with Crippen molar-refractivity contribution >= 4 is 22.5 Å². The second kappa shape index (κ2) is 6.75. The van der Waals surface area contributed by atoms with Crippen LogP contribution < -0.4 is 10.9 Å². The molecule has 0 saturated heterocycles. The van der Waals surface area contributed by atoms with Gasteiger partial charge in [-0.25, -0.2) is 4.98 Å². The van der Waals surface area contributed by atoms with Crippen LogP contribution in [-0.2, 0) is 13.0 Å². The number of amides is 1. The molecule has 2 aromatic carbocycles. The van der Waals surface area contributed by atoms with Crippen molar-refractivity contribution in [1.82, 2.24) is 9.55 Å². The quantitative estimate of drug-likeness (QED) is 0.769. The number of aryl methyl sites for hydroxylation is 2. The van der Waals surface area contributed by atoms with E-state index >= 15 is 0 Å². The fourth-order valence-electron chi connectivity index (χ4n) is 3.49. The first-order valence-corrected chi connectivity index (χ1v) is 9.03. The minimum atomic E-state index is -0.200. The van der Waals surface area contributed by atoms with Crippen molar-refractivity contribution in [2.75, 3.05) is 5.32 Å². The zero-order valence-electron chi connectivity index (χ0n) is 14.8. The number of carbonyl (C=O) groups is 1. The van der Waals surface area contributed by atoms with Crippen LogP contribution in [0.5, 0.6) is 0 Å². The lowest BCUT2D eigenvalue weighted by atomic mass is 10.1. The maximum atomic E-state index is 12.8. The van der Waals surface area contributed by atoms with Gasteiger partial charge in [0.15, 0.2) is 0 Å². The number of nitrogens with one attached hydrogen (secondary N) is 1. The standard InChI is InChI=1S/C21H21N3O2/c1-14-6-5-7-16(12-14)22-20(25)15-9-10-17-18(13-15)23-19-8-3-2-4-11-24(19)21(17)26/h5-7,9-10,12-13H,2-4,8,11H2,1H3,(H,22,25). The van der Waals surface area contributed by atoms with Gasteiger partial charge in [-0.3, -0.25) is 14.2 Å². The Morgan fingerprint density at radius 3 is 2.85 bits per heavy atom. The van der Waals surface area contributed by atoms with Gasteiger partial charge < -0.3 is 5.32 Å². The Balaban J connectivity index is 1.71. The minimum absolute atomic E-state index is 0.00228. The number of hydrogen-bond acceptors (Lipinski definition) is 3. The number of benzene rings is 2. The molecule has 1 aliphatic heterocycles. The Hall–Kier alpha value is -2.95. The Morgan fingerprint density at radius 1 is 1.12 bits per heavy atom. The normalized spacial score (nSPS) is 13.9. The van der Waals surface area contributed by atoms with Gasteiger partial charge in [-0.05, 0) is 55.7 Å². The molecule has 5 nitrogen and oxygen atoms in total. The Morgan fingerprint density at radius 2 is 2.00 bits per heavy atom. The first-order valence-electron chi connectivity index (χ1n) is 9.03. The van der Waals surface area contributed by atoms with E-state index in [0.29, 0.717) is 16.5 Å². The first-order chi connectivity index (χ1) is 12.6. The van der Waals surface area contributed by atoms with E-state index in [4.69, 9.17) is 0 Å². The van der Waals surface area contributed by atoms with Gasteiger partial charge in [-0.15, -0.1) is 0 Å². The van der Waals surface area contributed by atoms with Crippen LogP contribution in [0, 0.1) is 6.92 Å². The van der Waals surface area contributed by atoms with E-state index in [9.17, 15) is 9.59 Å². The fraction of sp³-hybridized carbons (Fsp3) is 0.286. The van der Waals surface area contributed by atoms with E-state index < -0.39 is 0 Å². The molecule has 0 radical (unpaired) electrons. The molecule has 1 aliphatic rings. The van der Waals surface area contributed by atoms with Crippen LogP contribution in [-0.4, -0.2) is 15.5 Å². The lowest BCUT2D eigenvalue weighted by molar-refractivity contribution is 0.102. The van der Waals surface area contributed by atoms with Crippen LogP contribution in [0.3, 0.4) is 0 Å². The molecule has 0 atom stereocenters. The SMILES string of the molecule is Cc1cccc(NC(=O)c2ccc3c(=O)n4c(nc3c2)CCCCC4)c1. The zero-order chi connectivity index (χ0) is 18.1. The second-order valence-corrected chi connectivity index (χ2v) is 6.85. The molecule has 0 spiro atoms. The van der Waals surface area contributed by atoms with Gasteiger partial charge in [0.2, 0.25) is 0 Å². The molecule has 0 fully saturated rings. The molecule has 5 heteroatoms. The number of carbonyl (C=O) groups excluding carboxylic acids is 1. The number of aromatic nitrogens is 2. The summed E-state index contributed by atoms with van der Waals surface area (Å²) in [6.45, 7) is 2.71. The summed E-state index contributed by atoms with van der Waals surface area (Å²) in [6.07, 6.45) is 3.98. The minimum Gasteiger partial charge on any atom is -0.322 e. The molecule has 0 saturated carbocycles. The summed E-state index contributed by atoms with van der Waals surface area (Å²) in [6, 6.07) is 12.8. The molecule has 0 bridgehead atoms. The molecule has 4 rings (SSSR count). The topological polar surface area (TPSA) is 64.0 Å². The number of nitrogens with zero attached hydrogens (tertiary/aromatic N) is 2. The van der Waals surface area contributed by atoms with Crippen LogP contribution in [0.4, 0.5) is 5.69 Å². The Bertz CT molecular complexity index is 1050. The van der Waals surface area contributed by atoms with Crippen LogP contribution >= 0.6 is 0 Å². The van der Waals surface area contributed by atoms with Crippen LogP contribution in [0.2, 0.25) is 0 Å². The highest BCUT2D eigenvalue weighted by Crippen LogP contribution is 2.17. The maximum absolute atomic E-state index is 12.8. The number of rotatable bonds is 2. The smallest absolute Gasteiger partial charge is 0.261 e. The Labute approximate surface area is 151 Å². The summed E-state index contributed by atoms with van der Waals surface area (Å²) in [5.74, 6) is 0.630. The molecule has 0 aliphatic carbocycles. The molecular formula is C21H21N3O2. The number of fused-ring (bicyclic) bond motifs is 2. The van der Waals surface area contributed by atoms with Crippen LogP contribution in [0.15, 0.2) is 47.3 Å². The van der Waals surface area contributed by atoms with E-state index in [1.54, 1.807) is 22.8 Å². The van der Waals surface area contributed by atoms with Gasteiger partial charge in [0.05, 0.1) is 10.9 Å². The van der Waals surface area contributed by atoms with Crippen molar-refractivity contribution < 1.29 is 4.79 Å². The molecule has 26 heavy (non-hydrogen) atoms. The average molecular weight is 347 g/mol. The van der Waals surface area contributed by atoms with E-state index in [1.165, 1.54) is 0 Å². The Kier molecular flexibility index (Phi) is 4.29. The maximum Gasteiger partial charge on any atom is 0.261 e. The van der Waals surface area contributed by atoms with Gasteiger partial charge in [-0.1, -0.05) is 18.6 Å². The van der Waals surface area contributed by atoms with Crippen LogP contribution in [0.25, 0.3) is 10.9 Å². The van der Waals surface area contributed by atoms with Crippen molar-refractivity contribution in [3.63, 3.8) is 0 Å². The van der Waals surface area contributed by atoms with Crippen LogP contribution in [0.1, 0.15) is 41.0 Å². The predicted octanol–water partition coefficient (Wildman–Crippen LogP) is 3.68. The summed E-state index contributed by atoms with van der Waals surface area (Å²) in [5, 5.41) is 3.47. The van der Waals surface area contributed by atoms with Gasteiger partial charge in [0.25, 0.3) is 11.5 Å². The molecule has 0 unspecified atom stereocenters. The lowest BCUT2D eigenvalue weighted by Crippen LogP contribution is -2.24. The highest BCUT2D eigenvalue weighted by atomic mass is 16.1. The van der Waals surface area contributed by atoms with Crippen molar-refractivity contribution in [1.29, 1.82) is 0 Å². The van der Waals surface area contributed by atoms with Gasteiger partial charge in [0.1, 0.15) is 5.82 Å². The van der Waals surface area contributed by atoms with Crippen molar-refractivity contribution in [3.05, 3.63) is 69.8 Å². The fourth-order valence-corrected chi connectivity index (χ4v) is 3.49. The third kappa shape index (κ3) is 3.12. The average Bonchev–Trinajstić information content (AvgIpc) is 2.87. The molecular weight excluding hydrogens is 326 g/mol. The third-order valence-electron chi connectivity index (χ3n) is 4.85. The lowest BCUT2D eigenvalue weighted by Gasteiger charge is -2.11. The van der Waals surface area contributed by atoms with E-state index in [2.05, 4.69) is 10.3 Å².